The van der Waals surface area contributed by atoms with E-state index < -0.39 is 0 Å². The zero-order valence-corrected chi connectivity index (χ0v) is 16.4. The number of ketones is 1. The van der Waals surface area contributed by atoms with Gasteiger partial charge in [-0.15, -0.1) is 0 Å². The number of hydrogen-bond donors (Lipinski definition) is 0. The van der Waals surface area contributed by atoms with Crippen molar-refractivity contribution in [3.05, 3.63) is 80.3 Å². The molecule has 0 saturated carbocycles. The first-order chi connectivity index (χ1) is 11.9. The number of carbonyl (C=O) groups excluding carboxylic acids is 1. The van der Waals surface area contributed by atoms with Gasteiger partial charge in [-0.1, -0.05) is 0 Å². The summed E-state index contributed by atoms with van der Waals surface area (Å²) in [6.45, 7) is 6.02. The molecule has 0 N–H and O–H groups in total. The third-order valence-electron chi connectivity index (χ3n) is 4.48. The summed E-state index contributed by atoms with van der Waals surface area (Å²) in [5, 5.41) is 0. The van der Waals surface area contributed by atoms with Gasteiger partial charge in [0.15, 0.2) is 0 Å². The van der Waals surface area contributed by atoms with E-state index in [0.717, 1.165) is 46.2 Å². The molecule has 0 bridgehead atoms. The molecule has 25 heavy (non-hydrogen) atoms. The summed E-state index contributed by atoms with van der Waals surface area (Å²) in [6.07, 6.45) is 12.8. The van der Waals surface area contributed by atoms with E-state index in [1.54, 1.807) is 0 Å². The number of allylic oxidation sites excluding steroid dienone is 8. The van der Waals surface area contributed by atoms with Crippen LogP contribution in [0.25, 0.3) is 0 Å². The molecule has 0 amide bonds. The van der Waals surface area contributed by atoms with Crippen molar-refractivity contribution in [2.45, 2.75) is 46.5 Å². The average Bonchev–Trinajstić information content (AvgIpc) is 3.22. The first-order valence-corrected chi connectivity index (χ1v) is 10.0. The number of carbonyl (C=O) groups is 1. The standard InChI is InChI=1S/C13H13.C10H13O.Fe/c1-2-6-12(7-3-1)10-11-13-8-4-5-9-13;1-10(2,3)9(11)8-6-4-5-7-8;/h1-4,6-8H,5,10-11H2;4,6H,5H2,1-3H3;. The van der Waals surface area contributed by atoms with Crippen LogP contribution in [0.2, 0.25) is 0 Å². The topological polar surface area (TPSA) is 17.1 Å². The summed E-state index contributed by atoms with van der Waals surface area (Å²) in [6, 6.07) is 10.7. The van der Waals surface area contributed by atoms with Gasteiger partial charge in [0.25, 0.3) is 0 Å². The van der Waals surface area contributed by atoms with E-state index in [1.165, 1.54) is 20.1 Å². The van der Waals surface area contributed by atoms with Crippen LogP contribution in [0.5, 0.6) is 0 Å². The molecule has 0 aliphatic heterocycles. The van der Waals surface area contributed by atoms with Crippen molar-refractivity contribution in [2.24, 2.45) is 5.41 Å². The van der Waals surface area contributed by atoms with Gasteiger partial charge in [0.2, 0.25) is 0 Å². The van der Waals surface area contributed by atoms with Crippen molar-refractivity contribution in [3.63, 3.8) is 0 Å². The molecule has 0 radical (unpaired) electrons. The zero-order valence-electron chi connectivity index (χ0n) is 15.3. The van der Waals surface area contributed by atoms with Gasteiger partial charge in [0.1, 0.15) is 0 Å². The number of Topliss-reactive ketones (excluding diaryl/α,β-unsaturated/α-hetero) is 1. The number of hydrogen-bond acceptors (Lipinski definition) is 1. The SMILES string of the molecule is CC(C)(C)C(=O)C1=[C]([Fe][C]2=C(CCc3ccccc3)C=CC2)CC=C1. The van der Waals surface area contributed by atoms with Crippen molar-refractivity contribution < 1.29 is 19.8 Å². The Morgan fingerprint density at radius 3 is 2.36 bits per heavy atom. The molecule has 1 aromatic rings. The molecule has 1 nitrogen and oxygen atoms in total. The number of benzene rings is 1. The van der Waals surface area contributed by atoms with E-state index >= 15 is 0 Å². The molecule has 0 fully saturated rings. The molecule has 2 aliphatic rings. The number of aryl methyl sites for hydroxylation is 1. The van der Waals surface area contributed by atoms with Gasteiger partial charge in [0, 0.05) is 0 Å². The van der Waals surface area contributed by atoms with Crippen LogP contribution >= 0.6 is 0 Å². The summed E-state index contributed by atoms with van der Waals surface area (Å²) in [5.41, 5.74) is 3.49. The van der Waals surface area contributed by atoms with Crippen molar-refractivity contribution in [1.29, 1.82) is 0 Å². The van der Waals surface area contributed by atoms with Gasteiger partial charge in [-0.05, 0) is 0 Å². The second kappa shape index (κ2) is 7.72. The molecule has 0 aromatic heterocycles. The normalized spacial score (nSPS) is 17.2. The monoisotopic (exact) mass is 374 g/mol. The van der Waals surface area contributed by atoms with Crippen molar-refractivity contribution in [1.82, 2.24) is 0 Å². The predicted molar refractivity (Wildman–Crippen MR) is 101 cm³/mol. The Kier molecular flexibility index (Phi) is 5.61. The molecule has 0 atom stereocenters. The Bertz CT molecular complexity index is 770. The second-order valence-corrected chi connectivity index (χ2v) is 9.19. The van der Waals surface area contributed by atoms with E-state index in [2.05, 4.69) is 48.6 Å². The van der Waals surface area contributed by atoms with Crippen LogP contribution in [0.15, 0.2) is 74.7 Å². The van der Waals surface area contributed by atoms with E-state index in [4.69, 9.17) is 0 Å². The third kappa shape index (κ3) is 4.51. The Hall–Kier alpha value is -1.63. The molecule has 2 aliphatic carbocycles. The van der Waals surface area contributed by atoms with Crippen LogP contribution in [0.3, 0.4) is 0 Å². The third-order valence-corrected chi connectivity index (χ3v) is 6.25. The minimum absolute atomic E-state index is 0.272. The van der Waals surface area contributed by atoms with Crippen LogP contribution in [0.1, 0.15) is 45.6 Å². The molecular weight excluding hydrogens is 348 g/mol. The van der Waals surface area contributed by atoms with Gasteiger partial charge in [-0.2, -0.15) is 0 Å². The Morgan fingerprint density at radius 1 is 0.960 bits per heavy atom. The molecule has 2 heteroatoms. The number of rotatable bonds is 6. The maximum atomic E-state index is 12.7. The van der Waals surface area contributed by atoms with E-state index in [0.29, 0.717) is 0 Å². The summed E-state index contributed by atoms with van der Waals surface area (Å²) >= 11 is 0.946. The first-order valence-electron chi connectivity index (χ1n) is 8.94. The maximum absolute atomic E-state index is 12.7. The molecular formula is C23H26FeO. The molecule has 0 spiro atoms. The Labute approximate surface area is 157 Å². The van der Waals surface area contributed by atoms with Gasteiger partial charge in [0.05, 0.1) is 0 Å². The zero-order chi connectivity index (χ0) is 17.9. The van der Waals surface area contributed by atoms with Crippen LogP contribution in [0.4, 0.5) is 0 Å². The fraction of sp³-hybridized carbons (Fsp3) is 0.348. The van der Waals surface area contributed by atoms with Crippen LogP contribution in [0, 0.1) is 5.41 Å². The summed E-state index contributed by atoms with van der Waals surface area (Å²) in [7, 11) is 0. The van der Waals surface area contributed by atoms with E-state index in [9.17, 15) is 4.79 Å². The molecule has 0 unspecified atom stereocenters. The van der Waals surface area contributed by atoms with Crippen LogP contribution in [-0.2, 0) is 26.2 Å². The van der Waals surface area contributed by atoms with Crippen molar-refractivity contribution in [2.75, 3.05) is 0 Å². The summed E-state index contributed by atoms with van der Waals surface area (Å²) < 4.78 is 2.80. The van der Waals surface area contributed by atoms with E-state index in [-0.39, 0.29) is 11.2 Å². The molecule has 0 heterocycles. The molecule has 0 saturated heterocycles. The quantitative estimate of drug-likeness (QED) is 0.580. The van der Waals surface area contributed by atoms with Gasteiger partial charge in [-0.25, -0.2) is 0 Å². The van der Waals surface area contributed by atoms with Gasteiger partial charge < -0.3 is 0 Å². The second-order valence-electron chi connectivity index (χ2n) is 7.59. The van der Waals surface area contributed by atoms with E-state index in [1.807, 2.05) is 26.8 Å². The van der Waals surface area contributed by atoms with Crippen LogP contribution in [-0.4, -0.2) is 5.78 Å². The van der Waals surface area contributed by atoms with Gasteiger partial charge in [-0.3, -0.25) is 0 Å². The van der Waals surface area contributed by atoms with Gasteiger partial charge >= 0.3 is 158 Å². The average molecular weight is 374 g/mol. The van der Waals surface area contributed by atoms with Crippen molar-refractivity contribution >= 4 is 5.78 Å². The Morgan fingerprint density at radius 2 is 1.64 bits per heavy atom. The van der Waals surface area contributed by atoms with Crippen molar-refractivity contribution in [3.8, 4) is 0 Å². The fourth-order valence-electron chi connectivity index (χ4n) is 3.04. The molecule has 132 valence electrons. The minimum atomic E-state index is -0.312. The summed E-state index contributed by atoms with van der Waals surface area (Å²) in [4.78, 5) is 12.7. The summed E-state index contributed by atoms with van der Waals surface area (Å²) in [5.74, 6) is 0.272. The molecule has 3 rings (SSSR count). The Balaban J connectivity index is 1.73. The fourth-order valence-corrected chi connectivity index (χ4v) is 4.70. The predicted octanol–water partition coefficient (Wildman–Crippen LogP) is 5.74. The molecule has 1 aromatic carbocycles. The van der Waals surface area contributed by atoms with Crippen LogP contribution < -0.4 is 0 Å². The first kappa shape index (κ1) is 18.2.